The van der Waals surface area contributed by atoms with E-state index >= 15 is 0 Å². The smallest absolute Gasteiger partial charge is 0.215 e. The summed E-state index contributed by atoms with van der Waals surface area (Å²) in [5.41, 5.74) is 0. The average Bonchev–Trinajstić information content (AvgIpc) is 2.27. The van der Waals surface area contributed by atoms with Gasteiger partial charge in [0.25, 0.3) is 0 Å². The Bertz CT molecular complexity index is 311. The monoisotopic (exact) mass is 263 g/mol. The van der Waals surface area contributed by atoms with Crippen LogP contribution >= 0.6 is 0 Å². The van der Waals surface area contributed by atoms with Crippen LogP contribution in [0, 0.1) is 5.92 Å². The maximum Gasteiger partial charge on any atom is 0.215 e. The van der Waals surface area contributed by atoms with Crippen LogP contribution in [0.3, 0.4) is 0 Å². The summed E-state index contributed by atoms with van der Waals surface area (Å²) in [6.45, 7) is 9.12. The zero-order valence-corrected chi connectivity index (χ0v) is 12.0. The van der Waals surface area contributed by atoms with Crippen LogP contribution in [0.4, 0.5) is 0 Å². The molecule has 1 fully saturated rings. The van der Waals surface area contributed by atoms with Crippen LogP contribution in [-0.4, -0.2) is 69.7 Å². The normalized spacial score (nSPS) is 19.1. The molecule has 0 aliphatic carbocycles. The van der Waals surface area contributed by atoms with Crippen LogP contribution in [0.2, 0.25) is 0 Å². The molecular formula is C11H25N3O2S. The van der Waals surface area contributed by atoms with Crippen LogP contribution in [-0.2, 0) is 10.0 Å². The highest BCUT2D eigenvalue weighted by molar-refractivity contribution is 7.89. The van der Waals surface area contributed by atoms with E-state index in [9.17, 15) is 8.42 Å². The maximum atomic E-state index is 12.0. The fraction of sp³-hybridized carbons (Fsp3) is 1.00. The van der Waals surface area contributed by atoms with Gasteiger partial charge in [0, 0.05) is 46.3 Å². The van der Waals surface area contributed by atoms with Gasteiger partial charge >= 0.3 is 0 Å². The maximum absolute atomic E-state index is 12.0. The molecule has 1 rings (SSSR count). The first-order valence-corrected chi connectivity index (χ1v) is 7.90. The van der Waals surface area contributed by atoms with Crippen molar-refractivity contribution in [2.24, 2.45) is 5.92 Å². The molecule has 5 nitrogen and oxygen atoms in total. The van der Waals surface area contributed by atoms with Crippen molar-refractivity contribution >= 4 is 10.0 Å². The van der Waals surface area contributed by atoms with Crippen molar-refractivity contribution in [3.63, 3.8) is 0 Å². The summed E-state index contributed by atoms with van der Waals surface area (Å²) in [5, 5.41) is 3.26. The highest BCUT2D eigenvalue weighted by atomic mass is 32.2. The second-order valence-electron chi connectivity index (χ2n) is 5.08. The van der Waals surface area contributed by atoms with Gasteiger partial charge in [-0.25, -0.2) is 12.7 Å². The average molecular weight is 263 g/mol. The highest BCUT2D eigenvalue weighted by Gasteiger charge is 2.20. The van der Waals surface area contributed by atoms with Gasteiger partial charge in [-0.1, -0.05) is 13.8 Å². The summed E-state index contributed by atoms with van der Waals surface area (Å²) in [6, 6.07) is 0. The van der Waals surface area contributed by atoms with E-state index in [-0.39, 0.29) is 5.75 Å². The second-order valence-corrected chi connectivity index (χ2v) is 7.28. The summed E-state index contributed by atoms with van der Waals surface area (Å²) < 4.78 is 25.5. The van der Waals surface area contributed by atoms with Crippen LogP contribution in [0.1, 0.15) is 13.8 Å². The van der Waals surface area contributed by atoms with Gasteiger partial charge in [0.05, 0.1) is 5.75 Å². The number of piperazine rings is 1. The molecule has 0 amide bonds. The molecule has 1 N–H and O–H groups in total. The molecule has 0 saturated carbocycles. The number of nitrogens with one attached hydrogen (secondary N) is 1. The Labute approximate surface area is 105 Å². The number of rotatable bonds is 6. The molecule has 1 saturated heterocycles. The molecule has 0 atom stereocenters. The largest absolute Gasteiger partial charge is 0.314 e. The number of hydrogen-bond donors (Lipinski definition) is 1. The van der Waals surface area contributed by atoms with Crippen molar-refractivity contribution in [1.82, 2.24) is 14.5 Å². The van der Waals surface area contributed by atoms with Crippen LogP contribution in [0.5, 0.6) is 0 Å². The minimum Gasteiger partial charge on any atom is -0.314 e. The molecule has 0 aromatic heterocycles. The molecule has 6 heteroatoms. The van der Waals surface area contributed by atoms with Crippen molar-refractivity contribution in [2.75, 3.05) is 52.1 Å². The van der Waals surface area contributed by atoms with Crippen molar-refractivity contribution in [1.29, 1.82) is 0 Å². The van der Waals surface area contributed by atoms with E-state index in [1.807, 2.05) is 13.8 Å². The van der Waals surface area contributed by atoms with Crippen molar-refractivity contribution in [2.45, 2.75) is 13.8 Å². The lowest BCUT2D eigenvalue weighted by atomic mass is 10.2. The van der Waals surface area contributed by atoms with Gasteiger partial charge < -0.3 is 5.32 Å². The molecule has 102 valence electrons. The zero-order chi connectivity index (χ0) is 12.9. The summed E-state index contributed by atoms with van der Waals surface area (Å²) in [7, 11) is -1.41. The molecule has 17 heavy (non-hydrogen) atoms. The van der Waals surface area contributed by atoms with E-state index in [2.05, 4.69) is 10.2 Å². The Morgan fingerprint density at radius 3 is 2.41 bits per heavy atom. The van der Waals surface area contributed by atoms with E-state index in [1.165, 1.54) is 4.31 Å². The van der Waals surface area contributed by atoms with E-state index in [0.717, 1.165) is 26.2 Å². The standard InChI is InChI=1S/C11H25N3O2S/c1-11(2)10-13(3)17(15,16)9-8-14-6-4-12-5-7-14/h11-12H,4-10H2,1-3H3. The minimum atomic E-state index is -3.08. The van der Waals surface area contributed by atoms with E-state index in [0.29, 0.717) is 19.0 Å². The summed E-state index contributed by atoms with van der Waals surface area (Å²) in [5.74, 6) is 0.602. The van der Waals surface area contributed by atoms with Gasteiger partial charge in [0.15, 0.2) is 0 Å². The van der Waals surface area contributed by atoms with Gasteiger partial charge in [0.1, 0.15) is 0 Å². The third-order valence-electron chi connectivity index (χ3n) is 2.97. The zero-order valence-electron chi connectivity index (χ0n) is 11.1. The van der Waals surface area contributed by atoms with Gasteiger partial charge in [-0.2, -0.15) is 0 Å². The molecule has 0 unspecified atom stereocenters. The van der Waals surface area contributed by atoms with Gasteiger partial charge in [-0.3, -0.25) is 4.90 Å². The minimum absolute atomic E-state index is 0.232. The van der Waals surface area contributed by atoms with Gasteiger partial charge in [-0.15, -0.1) is 0 Å². The number of hydrogen-bond acceptors (Lipinski definition) is 4. The first kappa shape index (κ1) is 14.9. The first-order valence-electron chi connectivity index (χ1n) is 6.29. The molecule has 0 aromatic carbocycles. The molecule has 0 bridgehead atoms. The van der Waals surface area contributed by atoms with Crippen molar-refractivity contribution in [3.05, 3.63) is 0 Å². The Morgan fingerprint density at radius 1 is 1.29 bits per heavy atom. The number of sulfonamides is 1. The van der Waals surface area contributed by atoms with E-state index in [4.69, 9.17) is 0 Å². The Kier molecular flexibility index (Phi) is 5.85. The lowest BCUT2D eigenvalue weighted by Crippen LogP contribution is -2.46. The highest BCUT2D eigenvalue weighted by Crippen LogP contribution is 2.04. The molecule has 1 heterocycles. The Hall–Kier alpha value is -0.170. The fourth-order valence-electron chi connectivity index (χ4n) is 1.96. The van der Waals surface area contributed by atoms with Crippen LogP contribution < -0.4 is 5.32 Å². The van der Waals surface area contributed by atoms with E-state index < -0.39 is 10.0 Å². The Morgan fingerprint density at radius 2 is 1.88 bits per heavy atom. The summed E-state index contributed by atoms with van der Waals surface area (Å²) >= 11 is 0. The molecule has 0 radical (unpaired) electrons. The molecular weight excluding hydrogens is 238 g/mol. The molecule has 0 spiro atoms. The predicted molar refractivity (Wildman–Crippen MR) is 70.6 cm³/mol. The SMILES string of the molecule is CC(C)CN(C)S(=O)(=O)CCN1CCNCC1. The van der Waals surface area contributed by atoms with Crippen LogP contribution in [0.25, 0.3) is 0 Å². The second kappa shape index (κ2) is 6.68. The predicted octanol–water partition coefficient (Wildman–Crippen LogP) is -0.191. The van der Waals surface area contributed by atoms with Crippen molar-refractivity contribution in [3.8, 4) is 0 Å². The van der Waals surface area contributed by atoms with Crippen molar-refractivity contribution < 1.29 is 8.42 Å². The summed E-state index contributed by atoms with van der Waals surface area (Å²) in [6.07, 6.45) is 0. The quantitative estimate of drug-likeness (QED) is 0.722. The lowest BCUT2D eigenvalue weighted by Gasteiger charge is -2.28. The molecule has 1 aliphatic heterocycles. The third kappa shape index (κ3) is 5.33. The van der Waals surface area contributed by atoms with Gasteiger partial charge in [0.2, 0.25) is 10.0 Å². The van der Waals surface area contributed by atoms with Gasteiger partial charge in [-0.05, 0) is 5.92 Å². The molecule has 0 aromatic rings. The lowest BCUT2D eigenvalue weighted by molar-refractivity contribution is 0.252. The third-order valence-corrected chi connectivity index (χ3v) is 4.77. The van der Waals surface area contributed by atoms with Crippen LogP contribution in [0.15, 0.2) is 0 Å². The molecule has 1 aliphatic rings. The Balaban J connectivity index is 2.37. The topological polar surface area (TPSA) is 52.7 Å². The fourth-order valence-corrected chi connectivity index (χ4v) is 3.29. The summed E-state index contributed by atoms with van der Waals surface area (Å²) in [4.78, 5) is 2.21. The van der Waals surface area contributed by atoms with E-state index in [1.54, 1.807) is 7.05 Å². The first-order chi connectivity index (χ1) is 7.92. The number of nitrogens with zero attached hydrogens (tertiary/aromatic N) is 2.